The highest BCUT2D eigenvalue weighted by Gasteiger charge is 2.26. The van der Waals surface area contributed by atoms with Gasteiger partial charge < -0.3 is 22.1 Å². The molecule has 1 aromatic rings. The fourth-order valence-corrected chi connectivity index (χ4v) is 2.45. The van der Waals surface area contributed by atoms with Crippen molar-refractivity contribution in [3.8, 4) is 0 Å². The summed E-state index contributed by atoms with van der Waals surface area (Å²) in [6.07, 6.45) is 1.64. The van der Waals surface area contributed by atoms with E-state index in [1.54, 1.807) is 18.2 Å². The zero-order valence-electron chi connectivity index (χ0n) is 10.6. The van der Waals surface area contributed by atoms with Crippen LogP contribution in [0.1, 0.15) is 23.2 Å². The zero-order valence-corrected chi connectivity index (χ0v) is 10.6. The number of rotatable bonds is 3. The second-order valence-electron chi connectivity index (χ2n) is 4.83. The van der Waals surface area contributed by atoms with E-state index < -0.39 is 5.91 Å². The molecule has 1 heterocycles. The van der Waals surface area contributed by atoms with Gasteiger partial charge in [-0.25, -0.2) is 0 Å². The van der Waals surface area contributed by atoms with Crippen molar-refractivity contribution in [1.29, 1.82) is 0 Å². The Kier molecular flexibility index (Phi) is 3.59. The molecule has 0 saturated carbocycles. The van der Waals surface area contributed by atoms with Gasteiger partial charge in [0.2, 0.25) is 5.91 Å². The maximum absolute atomic E-state index is 11.5. The first-order valence-electron chi connectivity index (χ1n) is 6.22. The van der Waals surface area contributed by atoms with Crippen LogP contribution in [0.5, 0.6) is 0 Å². The number of nitrogen functional groups attached to an aromatic ring is 1. The van der Waals surface area contributed by atoms with Crippen LogP contribution in [0, 0.1) is 5.92 Å². The van der Waals surface area contributed by atoms with E-state index in [1.165, 1.54) is 0 Å². The normalized spacial score (nSPS) is 19.2. The molecule has 6 heteroatoms. The second kappa shape index (κ2) is 5.17. The van der Waals surface area contributed by atoms with E-state index in [0.717, 1.165) is 19.4 Å². The summed E-state index contributed by atoms with van der Waals surface area (Å²) < 4.78 is 0. The van der Waals surface area contributed by atoms with Gasteiger partial charge in [-0.3, -0.25) is 9.59 Å². The Labute approximate surface area is 111 Å². The van der Waals surface area contributed by atoms with Gasteiger partial charge in [-0.05, 0) is 31.0 Å². The lowest BCUT2D eigenvalue weighted by atomic mass is 9.96. The van der Waals surface area contributed by atoms with Gasteiger partial charge in [-0.1, -0.05) is 0 Å². The minimum Gasteiger partial charge on any atom is -0.399 e. The number of amides is 2. The van der Waals surface area contributed by atoms with E-state index >= 15 is 0 Å². The highest BCUT2D eigenvalue weighted by molar-refractivity contribution is 5.99. The lowest BCUT2D eigenvalue weighted by Crippen LogP contribution is -2.41. The number of piperidine rings is 1. The molecule has 0 spiro atoms. The Balaban J connectivity index is 2.30. The summed E-state index contributed by atoms with van der Waals surface area (Å²) in [7, 11) is 0. The molecule has 1 unspecified atom stereocenters. The molecule has 1 aliphatic heterocycles. The van der Waals surface area contributed by atoms with Crippen molar-refractivity contribution in [3.63, 3.8) is 0 Å². The predicted octanol–water partition coefficient (Wildman–Crippen LogP) is 0.0694. The molecule has 1 saturated heterocycles. The number of carbonyl (C=O) groups is 2. The third-order valence-corrected chi connectivity index (χ3v) is 3.45. The molecule has 0 bridgehead atoms. The van der Waals surface area contributed by atoms with Crippen molar-refractivity contribution >= 4 is 23.2 Å². The van der Waals surface area contributed by atoms with Crippen LogP contribution in [0.4, 0.5) is 11.4 Å². The fraction of sp³-hybridized carbons (Fsp3) is 0.385. The highest BCUT2D eigenvalue weighted by atomic mass is 16.1. The van der Waals surface area contributed by atoms with Crippen LogP contribution < -0.4 is 22.1 Å². The molecule has 0 aliphatic carbocycles. The van der Waals surface area contributed by atoms with Gasteiger partial charge in [-0.15, -0.1) is 0 Å². The SMILES string of the molecule is NC(=O)c1cc(N)ccc1N1CCCC(C(N)=O)C1. The maximum Gasteiger partial charge on any atom is 0.250 e. The van der Waals surface area contributed by atoms with E-state index in [2.05, 4.69) is 0 Å². The van der Waals surface area contributed by atoms with Gasteiger partial charge in [0, 0.05) is 24.5 Å². The number of primary amides is 2. The number of carbonyl (C=O) groups excluding carboxylic acids is 2. The van der Waals surface area contributed by atoms with Crippen molar-refractivity contribution in [3.05, 3.63) is 23.8 Å². The average Bonchev–Trinajstić information content (AvgIpc) is 2.38. The van der Waals surface area contributed by atoms with Gasteiger partial charge in [0.25, 0.3) is 5.91 Å². The topological polar surface area (TPSA) is 115 Å². The summed E-state index contributed by atoms with van der Waals surface area (Å²) in [6, 6.07) is 5.04. The Hall–Kier alpha value is -2.24. The first kappa shape index (κ1) is 13.2. The molecule has 102 valence electrons. The summed E-state index contributed by atoms with van der Waals surface area (Å²) in [5.74, 6) is -1.02. The Bertz CT molecular complexity index is 515. The van der Waals surface area contributed by atoms with Gasteiger partial charge in [0.15, 0.2) is 0 Å². The van der Waals surface area contributed by atoms with Gasteiger partial charge >= 0.3 is 0 Å². The van der Waals surface area contributed by atoms with Crippen LogP contribution in [0.3, 0.4) is 0 Å². The first-order chi connectivity index (χ1) is 8.99. The average molecular weight is 262 g/mol. The molecule has 0 aromatic heterocycles. The highest BCUT2D eigenvalue weighted by Crippen LogP contribution is 2.27. The summed E-state index contributed by atoms with van der Waals surface area (Å²) in [5, 5.41) is 0. The van der Waals surface area contributed by atoms with Crippen molar-refractivity contribution < 1.29 is 9.59 Å². The van der Waals surface area contributed by atoms with Crippen molar-refractivity contribution in [2.24, 2.45) is 17.4 Å². The molecule has 1 aromatic carbocycles. The number of benzene rings is 1. The molecule has 1 fully saturated rings. The Morgan fingerprint density at radius 3 is 2.63 bits per heavy atom. The molecule has 2 amide bonds. The minimum atomic E-state index is -0.525. The largest absolute Gasteiger partial charge is 0.399 e. The fourth-order valence-electron chi connectivity index (χ4n) is 2.45. The van der Waals surface area contributed by atoms with Crippen molar-refractivity contribution in [2.45, 2.75) is 12.8 Å². The number of nitrogens with zero attached hydrogens (tertiary/aromatic N) is 1. The molecule has 0 radical (unpaired) electrons. The van der Waals surface area contributed by atoms with Crippen LogP contribution in [-0.4, -0.2) is 24.9 Å². The monoisotopic (exact) mass is 262 g/mol. The summed E-state index contributed by atoms with van der Waals surface area (Å²) in [5.41, 5.74) is 18.0. The molecular formula is C13H18N4O2. The number of nitrogens with two attached hydrogens (primary N) is 3. The molecule has 19 heavy (non-hydrogen) atoms. The van der Waals surface area contributed by atoms with E-state index in [0.29, 0.717) is 23.5 Å². The van der Waals surface area contributed by atoms with E-state index in [1.807, 2.05) is 4.90 Å². The minimum absolute atomic E-state index is 0.188. The van der Waals surface area contributed by atoms with Gasteiger partial charge in [-0.2, -0.15) is 0 Å². The van der Waals surface area contributed by atoms with Crippen molar-refractivity contribution in [2.75, 3.05) is 23.7 Å². The van der Waals surface area contributed by atoms with E-state index in [-0.39, 0.29) is 11.8 Å². The lowest BCUT2D eigenvalue weighted by molar-refractivity contribution is -0.122. The third-order valence-electron chi connectivity index (χ3n) is 3.45. The van der Waals surface area contributed by atoms with Crippen LogP contribution in [0.25, 0.3) is 0 Å². The van der Waals surface area contributed by atoms with Crippen LogP contribution in [0.15, 0.2) is 18.2 Å². The van der Waals surface area contributed by atoms with Gasteiger partial charge in [0.1, 0.15) is 0 Å². The number of anilines is 2. The molecular weight excluding hydrogens is 244 g/mol. The lowest BCUT2D eigenvalue weighted by Gasteiger charge is -2.34. The standard InChI is InChI=1S/C13H18N4O2/c14-9-3-4-11(10(6-9)13(16)19)17-5-1-2-8(7-17)12(15)18/h3-4,6,8H,1-2,5,7,14H2,(H2,15,18)(H2,16,19). The van der Waals surface area contributed by atoms with Crippen LogP contribution >= 0.6 is 0 Å². The first-order valence-corrected chi connectivity index (χ1v) is 6.22. The Morgan fingerprint density at radius 2 is 2.00 bits per heavy atom. The predicted molar refractivity (Wildman–Crippen MR) is 73.5 cm³/mol. The summed E-state index contributed by atoms with van der Waals surface area (Å²) in [6.45, 7) is 1.29. The molecule has 1 aliphatic rings. The molecule has 2 rings (SSSR count). The van der Waals surface area contributed by atoms with Crippen LogP contribution in [-0.2, 0) is 4.79 Å². The van der Waals surface area contributed by atoms with E-state index in [4.69, 9.17) is 17.2 Å². The number of hydrogen-bond donors (Lipinski definition) is 3. The van der Waals surface area contributed by atoms with Crippen LogP contribution in [0.2, 0.25) is 0 Å². The van der Waals surface area contributed by atoms with Crippen molar-refractivity contribution in [1.82, 2.24) is 0 Å². The molecule has 6 nitrogen and oxygen atoms in total. The second-order valence-corrected chi connectivity index (χ2v) is 4.83. The molecule has 6 N–H and O–H groups in total. The van der Waals surface area contributed by atoms with Gasteiger partial charge in [0.05, 0.1) is 11.5 Å². The van der Waals surface area contributed by atoms with E-state index in [9.17, 15) is 9.59 Å². The smallest absolute Gasteiger partial charge is 0.250 e. The summed E-state index contributed by atoms with van der Waals surface area (Å²) >= 11 is 0. The maximum atomic E-state index is 11.5. The third kappa shape index (κ3) is 2.78. The quantitative estimate of drug-likeness (QED) is 0.668. The summed E-state index contributed by atoms with van der Waals surface area (Å²) in [4.78, 5) is 24.7. The number of hydrogen-bond acceptors (Lipinski definition) is 4. The zero-order chi connectivity index (χ0) is 14.0. The Morgan fingerprint density at radius 1 is 1.26 bits per heavy atom. The molecule has 1 atom stereocenters.